The standard InChI is InChI=1S/C28H33N5O5/c1-6-37-23-14-13-19(16-24(23)36-5)26(27(35)29-28(2,3)4)32(17-20-10-9-15-38-20)25(34)18-33-22-12-8-7-11-21(22)30-31-33/h7-16,26H,6,17-18H2,1-5H3,(H,29,35)/t26-/m0/s1. The summed E-state index contributed by atoms with van der Waals surface area (Å²) in [7, 11) is 1.54. The lowest BCUT2D eigenvalue weighted by molar-refractivity contribution is -0.143. The molecule has 0 bridgehead atoms. The van der Waals surface area contributed by atoms with Gasteiger partial charge >= 0.3 is 0 Å². The number of nitrogens with zero attached hydrogens (tertiary/aromatic N) is 4. The Morgan fingerprint density at radius 3 is 2.58 bits per heavy atom. The third-order valence-corrected chi connectivity index (χ3v) is 5.79. The lowest BCUT2D eigenvalue weighted by Crippen LogP contribution is -2.49. The van der Waals surface area contributed by atoms with Crippen molar-refractivity contribution in [3.05, 3.63) is 72.2 Å². The van der Waals surface area contributed by atoms with Crippen LogP contribution in [-0.2, 0) is 22.7 Å². The number of amides is 2. The normalized spacial score (nSPS) is 12.2. The number of para-hydroxylation sites is 1. The summed E-state index contributed by atoms with van der Waals surface area (Å²) in [5, 5.41) is 11.4. The van der Waals surface area contributed by atoms with Crippen molar-refractivity contribution in [3.63, 3.8) is 0 Å². The van der Waals surface area contributed by atoms with Gasteiger partial charge < -0.3 is 24.1 Å². The molecule has 0 saturated heterocycles. The fourth-order valence-electron chi connectivity index (χ4n) is 4.19. The Hall–Kier alpha value is -4.34. The van der Waals surface area contributed by atoms with Crippen LogP contribution in [0.3, 0.4) is 0 Å². The topological polar surface area (TPSA) is 112 Å². The van der Waals surface area contributed by atoms with Crippen molar-refractivity contribution in [2.75, 3.05) is 13.7 Å². The van der Waals surface area contributed by atoms with Gasteiger partial charge in [-0.05, 0) is 69.7 Å². The molecule has 1 N–H and O–H groups in total. The summed E-state index contributed by atoms with van der Waals surface area (Å²) in [5.41, 5.74) is 1.43. The first-order valence-electron chi connectivity index (χ1n) is 12.4. The molecule has 38 heavy (non-hydrogen) atoms. The first kappa shape index (κ1) is 26.7. The molecular weight excluding hydrogens is 486 g/mol. The minimum atomic E-state index is -0.994. The van der Waals surface area contributed by atoms with Crippen LogP contribution in [0, 0.1) is 0 Å². The van der Waals surface area contributed by atoms with E-state index in [0.29, 0.717) is 34.9 Å². The summed E-state index contributed by atoms with van der Waals surface area (Å²) in [6.45, 7) is 7.96. The third-order valence-electron chi connectivity index (χ3n) is 5.79. The number of hydrogen-bond acceptors (Lipinski definition) is 7. The number of furan rings is 1. The maximum atomic E-state index is 13.9. The Morgan fingerprint density at radius 1 is 1.11 bits per heavy atom. The van der Waals surface area contributed by atoms with Gasteiger partial charge in [-0.25, -0.2) is 4.68 Å². The summed E-state index contributed by atoms with van der Waals surface area (Å²) in [5.74, 6) is 0.872. The SMILES string of the molecule is CCOc1ccc([C@@H](C(=O)NC(C)(C)C)N(Cc2ccco2)C(=O)Cn2nnc3ccccc32)cc1OC. The van der Waals surface area contributed by atoms with Gasteiger partial charge in [-0.15, -0.1) is 5.10 Å². The minimum Gasteiger partial charge on any atom is -0.493 e. The summed E-state index contributed by atoms with van der Waals surface area (Å²) in [4.78, 5) is 29.3. The smallest absolute Gasteiger partial charge is 0.247 e. The average Bonchev–Trinajstić information content (AvgIpc) is 3.53. The largest absolute Gasteiger partial charge is 0.493 e. The number of nitrogens with one attached hydrogen (secondary N) is 1. The van der Waals surface area contributed by atoms with E-state index in [-0.39, 0.29) is 24.9 Å². The molecule has 4 rings (SSSR count). The van der Waals surface area contributed by atoms with E-state index in [9.17, 15) is 9.59 Å². The van der Waals surface area contributed by atoms with E-state index < -0.39 is 11.6 Å². The van der Waals surface area contributed by atoms with Crippen molar-refractivity contribution in [3.8, 4) is 11.5 Å². The predicted molar refractivity (Wildman–Crippen MR) is 142 cm³/mol. The summed E-state index contributed by atoms with van der Waals surface area (Å²) in [6, 6.07) is 15.2. The monoisotopic (exact) mass is 519 g/mol. The zero-order valence-corrected chi connectivity index (χ0v) is 22.3. The van der Waals surface area contributed by atoms with Crippen molar-refractivity contribution < 1.29 is 23.5 Å². The van der Waals surface area contributed by atoms with Gasteiger partial charge in [0, 0.05) is 5.54 Å². The quantitative estimate of drug-likeness (QED) is 0.335. The van der Waals surface area contributed by atoms with Crippen molar-refractivity contribution in [1.29, 1.82) is 0 Å². The van der Waals surface area contributed by atoms with Gasteiger partial charge in [0.05, 0.1) is 32.0 Å². The van der Waals surface area contributed by atoms with E-state index in [1.807, 2.05) is 52.0 Å². The maximum Gasteiger partial charge on any atom is 0.247 e. The number of carbonyl (C=O) groups excluding carboxylic acids is 2. The number of hydrogen-bond donors (Lipinski definition) is 1. The van der Waals surface area contributed by atoms with Gasteiger partial charge in [0.2, 0.25) is 11.8 Å². The summed E-state index contributed by atoms with van der Waals surface area (Å²) in [6.07, 6.45) is 1.53. The number of carbonyl (C=O) groups is 2. The Labute approximate surface area is 221 Å². The molecule has 4 aromatic rings. The Balaban J connectivity index is 1.78. The van der Waals surface area contributed by atoms with Crippen LogP contribution in [0.1, 0.15) is 45.1 Å². The van der Waals surface area contributed by atoms with Gasteiger partial charge in [0.1, 0.15) is 23.9 Å². The highest BCUT2D eigenvalue weighted by atomic mass is 16.5. The van der Waals surface area contributed by atoms with Crippen LogP contribution in [0.5, 0.6) is 11.5 Å². The molecule has 0 aliphatic heterocycles. The zero-order valence-electron chi connectivity index (χ0n) is 22.3. The van der Waals surface area contributed by atoms with Gasteiger partial charge in [0.25, 0.3) is 0 Å². The van der Waals surface area contributed by atoms with Crippen LogP contribution in [0.4, 0.5) is 0 Å². The van der Waals surface area contributed by atoms with Crippen molar-refractivity contribution in [2.24, 2.45) is 0 Å². The molecule has 10 nitrogen and oxygen atoms in total. The molecule has 0 unspecified atom stereocenters. The van der Waals surface area contributed by atoms with Gasteiger partial charge in [-0.2, -0.15) is 0 Å². The van der Waals surface area contributed by atoms with Crippen LogP contribution in [0.15, 0.2) is 65.3 Å². The van der Waals surface area contributed by atoms with Gasteiger partial charge in [0.15, 0.2) is 11.5 Å². The highest BCUT2D eigenvalue weighted by Crippen LogP contribution is 2.34. The van der Waals surface area contributed by atoms with Crippen molar-refractivity contribution >= 4 is 22.8 Å². The minimum absolute atomic E-state index is 0.0657. The van der Waals surface area contributed by atoms with Gasteiger partial charge in [-0.3, -0.25) is 9.59 Å². The Morgan fingerprint density at radius 2 is 1.89 bits per heavy atom. The summed E-state index contributed by atoms with van der Waals surface area (Å²) >= 11 is 0. The fraction of sp³-hybridized carbons (Fsp3) is 0.357. The lowest BCUT2D eigenvalue weighted by atomic mass is 10.0. The molecule has 0 fully saturated rings. The molecule has 2 aromatic carbocycles. The van der Waals surface area contributed by atoms with E-state index in [0.717, 1.165) is 5.52 Å². The van der Waals surface area contributed by atoms with E-state index in [1.54, 1.807) is 30.3 Å². The van der Waals surface area contributed by atoms with Crippen LogP contribution < -0.4 is 14.8 Å². The molecule has 2 amide bonds. The van der Waals surface area contributed by atoms with Crippen LogP contribution in [0.2, 0.25) is 0 Å². The van der Waals surface area contributed by atoms with Crippen LogP contribution in [0.25, 0.3) is 11.0 Å². The molecule has 2 aromatic heterocycles. The molecule has 200 valence electrons. The number of ether oxygens (including phenoxy) is 2. The van der Waals surface area contributed by atoms with E-state index in [4.69, 9.17) is 13.9 Å². The van der Waals surface area contributed by atoms with E-state index >= 15 is 0 Å². The Kier molecular flexibility index (Phi) is 7.99. The van der Waals surface area contributed by atoms with E-state index in [2.05, 4.69) is 15.6 Å². The first-order chi connectivity index (χ1) is 18.2. The van der Waals surface area contributed by atoms with E-state index in [1.165, 1.54) is 23.0 Å². The summed E-state index contributed by atoms with van der Waals surface area (Å²) < 4.78 is 18.3. The maximum absolute atomic E-state index is 13.9. The van der Waals surface area contributed by atoms with Gasteiger partial charge in [-0.1, -0.05) is 23.4 Å². The molecule has 1 atom stereocenters. The molecule has 0 aliphatic rings. The number of fused-ring (bicyclic) bond motifs is 1. The highest BCUT2D eigenvalue weighted by molar-refractivity contribution is 5.89. The number of rotatable bonds is 10. The van der Waals surface area contributed by atoms with Crippen LogP contribution >= 0.6 is 0 Å². The second-order valence-corrected chi connectivity index (χ2v) is 9.82. The predicted octanol–water partition coefficient (Wildman–Crippen LogP) is 4.12. The number of benzene rings is 2. The molecular formula is C28H33N5O5. The molecule has 10 heteroatoms. The highest BCUT2D eigenvalue weighted by Gasteiger charge is 2.35. The Bertz CT molecular complexity index is 1390. The second-order valence-electron chi connectivity index (χ2n) is 9.82. The number of methoxy groups -OCH3 is 1. The molecule has 0 spiro atoms. The first-order valence-corrected chi connectivity index (χ1v) is 12.4. The van der Waals surface area contributed by atoms with Crippen LogP contribution in [-0.4, -0.2) is 51.0 Å². The average molecular weight is 520 g/mol. The lowest BCUT2D eigenvalue weighted by Gasteiger charge is -2.33. The van der Waals surface area contributed by atoms with Crippen molar-refractivity contribution in [1.82, 2.24) is 25.2 Å². The molecule has 0 radical (unpaired) electrons. The molecule has 0 aliphatic carbocycles. The number of aromatic nitrogens is 3. The molecule has 2 heterocycles. The zero-order chi connectivity index (χ0) is 27.3. The van der Waals surface area contributed by atoms with Crippen molar-refractivity contribution in [2.45, 2.75) is 52.4 Å². The third kappa shape index (κ3) is 6.13. The second kappa shape index (κ2) is 11.4. The molecule has 0 saturated carbocycles. The fourth-order valence-corrected chi connectivity index (χ4v) is 4.19.